The van der Waals surface area contributed by atoms with Crippen LogP contribution in [0.3, 0.4) is 0 Å². The largest absolute Gasteiger partial charge is 0.384 e. The molecule has 2 atom stereocenters. The highest BCUT2D eigenvalue weighted by molar-refractivity contribution is 5.48. The van der Waals surface area contributed by atoms with E-state index >= 15 is 0 Å². The van der Waals surface area contributed by atoms with Gasteiger partial charge in [0.25, 0.3) is 0 Å². The molecule has 1 aromatic carbocycles. The Morgan fingerprint density at radius 2 is 2.04 bits per heavy atom. The SMILES string of the molecule is N#CCCc1ccc(-n2c(C3C=CNC3N)c(N)[nH]c2=O)cc1. The van der Waals surface area contributed by atoms with Crippen molar-refractivity contribution in [1.29, 1.82) is 5.26 Å². The molecule has 0 amide bonds. The molecule has 0 bridgehead atoms. The van der Waals surface area contributed by atoms with E-state index in [2.05, 4.69) is 16.4 Å². The average molecular weight is 310 g/mol. The van der Waals surface area contributed by atoms with Gasteiger partial charge in [0, 0.05) is 6.42 Å². The predicted octanol–water partition coefficient (Wildman–Crippen LogP) is 0.689. The summed E-state index contributed by atoms with van der Waals surface area (Å²) in [7, 11) is 0. The Balaban J connectivity index is 2.01. The maximum atomic E-state index is 12.3. The number of nitrogen functional groups attached to an aromatic ring is 1. The Hall–Kier alpha value is -2.98. The van der Waals surface area contributed by atoms with E-state index in [1.807, 2.05) is 30.3 Å². The summed E-state index contributed by atoms with van der Waals surface area (Å²) >= 11 is 0. The molecule has 7 heteroatoms. The van der Waals surface area contributed by atoms with Gasteiger partial charge < -0.3 is 16.8 Å². The van der Waals surface area contributed by atoms with Crippen LogP contribution in [-0.2, 0) is 6.42 Å². The number of imidazole rings is 1. The van der Waals surface area contributed by atoms with Gasteiger partial charge in [-0.3, -0.25) is 9.55 Å². The molecule has 1 aromatic heterocycles. The first kappa shape index (κ1) is 14.9. The third kappa shape index (κ3) is 2.72. The van der Waals surface area contributed by atoms with Gasteiger partial charge in [0.05, 0.1) is 29.5 Å². The summed E-state index contributed by atoms with van der Waals surface area (Å²) in [6.45, 7) is 0. The quantitative estimate of drug-likeness (QED) is 0.661. The van der Waals surface area contributed by atoms with Crippen LogP contribution in [0.1, 0.15) is 23.6 Å². The van der Waals surface area contributed by atoms with Crippen molar-refractivity contribution < 1.29 is 0 Å². The molecule has 118 valence electrons. The zero-order chi connectivity index (χ0) is 16.4. The Morgan fingerprint density at radius 1 is 1.30 bits per heavy atom. The Labute approximate surface area is 133 Å². The number of nitriles is 1. The molecule has 0 saturated heterocycles. The third-order valence-corrected chi connectivity index (χ3v) is 3.98. The molecule has 23 heavy (non-hydrogen) atoms. The second-order valence-electron chi connectivity index (χ2n) is 5.47. The number of benzene rings is 1. The summed E-state index contributed by atoms with van der Waals surface area (Å²) in [5.74, 6) is 0.129. The van der Waals surface area contributed by atoms with Crippen molar-refractivity contribution in [3.63, 3.8) is 0 Å². The lowest BCUT2D eigenvalue weighted by Gasteiger charge is -2.18. The van der Waals surface area contributed by atoms with Gasteiger partial charge in [-0.15, -0.1) is 0 Å². The van der Waals surface area contributed by atoms with E-state index < -0.39 is 0 Å². The molecule has 3 rings (SSSR count). The van der Waals surface area contributed by atoms with Gasteiger partial charge in [-0.25, -0.2) is 4.79 Å². The van der Waals surface area contributed by atoms with Crippen LogP contribution in [0.5, 0.6) is 0 Å². The highest BCUT2D eigenvalue weighted by Crippen LogP contribution is 2.28. The molecule has 0 saturated carbocycles. The summed E-state index contributed by atoms with van der Waals surface area (Å²) in [4.78, 5) is 14.9. The monoisotopic (exact) mass is 310 g/mol. The van der Waals surface area contributed by atoms with E-state index in [1.54, 1.807) is 10.8 Å². The molecule has 7 nitrogen and oxygen atoms in total. The summed E-state index contributed by atoms with van der Waals surface area (Å²) < 4.78 is 1.55. The third-order valence-electron chi connectivity index (χ3n) is 3.98. The lowest BCUT2D eigenvalue weighted by Crippen LogP contribution is -2.36. The molecular formula is C16H18N6O. The van der Waals surface area contributed by atoms with Gasteiger partial charge in [0.1, 0.15) is 5.82 Å². The van der Waals surface area contributed by atoms with E-state index in [4.69, 9.17) is 16.7 Å². The number of aromatic amines is 1. The average Bonchev–Trinajstić information content (AvgIpc) is 3.08. The lowest BCUT2D eigenvalue weighted by atomic mass is 10.0. The van der Waals surface area contributed by atoms with Crippen LogP contribution < -0.4 is 22.5 Å². The number of nitrogens with two attached hydrogens (primary N) is 2. The second kappa shape index (κ2) is 6.02. The topological polar surface area (TPSA) is 126 Å². The lowest BCUT2D eigenvalue weighted by molar-refractivity contribution is 0.577. The van der Waals surface area contributed by atoms with Crippen molar-refractivity contribution in [3.05, 3.63) is 58.3 Å². The van der Waals surface area contributed by atoms with Gasteiger partial charge in [-0.2, -0.15) is 5.26 Å². The minimum atomic E-state index is -0.325. The molecule has 1 aliphatic heterocycles. The van der Waals surface area contributed by atoms with Crippen molar-refractivity contribution in [2.24, 2.45) is 5.73 Å². The molecule has 0 spiro atoms. The van der Waals surface area contributed by atoms with Crippen LogP contribution in [0.2, 0.25) is 0 Å². The number of H-pyrrole nitrogens is 1. The number of nitrogens with zero attached hydrogens (tertiary/aromatic N) is 2. The van der Waals surface area contributed by atoms with Gasteiger partial charge in [-0.1, -0.05) is 18.2 Å². The van der Waals surface area contributed by atoms with E-state index in [-0.39, 0.29) is 17.8 Å². The van der Waals surface area contributed by atoms with Crippen molar-refractivity contribution >= 4 is 5.82 Å². The van der Waals surface area contributed by atoms with Crippen LogP contribution in [-0.4, -0.2) is 15.7 Å². The first-order valence-corrected chi connectivity index (χ1v) is 7.37. The van der Waals surface area contributed by atoms with Crippen LogP contribution in [0, 0.1) is 11.3 Å². The predicted molar refractivity (Wildman–Crippen MR) is 87.7 cm³/mol. The van der Waals surface area contributed by atoms with Gasteiger partial charge in [0.15, 0.2) is 0 Å². The zero-order valence-electron chi connectivity index (χ0n) is 12.5. The van der Waals surface area contributed by atoms with Crippen LogP contribution in [0.25, 0.3) is 5.69 Å². The Morgan fingerprint density at radius 3 is 2.65 bits per heavy atom. The fourth-order valence-electron chi connectivity index (χ4n) is 2.82. The Kier molecular flexibility index (Phi) is 3.91. The molecule has 1 aliphatic rings. The molecule has 6 N–H and O–H groups in total. The van der Waals surface area contributed by atoms with E-state index in [0.29, 0.717) is 30.0 Å². The second-order valence-corrected chi connectivity index (χ2v) is 5.47. The molecule has 0 aliphatic carbocycles. The standard InChI is InChI=1S/C16H18N6O/c17-8-1-2-10-3-5-11(6-4-10)22-13(15(19)21-16(22)23)12-7-9-20-14(12)18/h3-7,9,12,14,20H,1-2,18-19H2,(H,21,23). The van der Waals surface area contributed by atoms with E-state index in [9.17, 15) is 4.79 Å². The van der Waals surface area contributed by atoms with E-state index in [0.717, 1.165) is 5.56 Å². The molecule has 0 radical (unpaired) electrons. The number of rotatable bonds is 4. The van der Waals surface area contributed by atoms with Crippen molar-refractivity contribution in [2.75, 3.05) is 5.73 Å². The fourth-order valence-corrected chi connectivity index (χ4v) is 2.82. The number of nitrogens with one attached hydrogen (secondary N) is 2. The fraction of sp³-hybridized carbons (Fsp3) is 0.250. The van der Waals surface area contributed by atoms with Gasteiger partial charge in [-0.05, 0) is 30.3 Å². The number of hydrogen-bond acceptors (Lipinski definition) is 5. The molecular weight excluding hydrogens is 292 g/mol. The number of hydrogen-bond donors (Lipinski definition) is 4. The first-order valence-electron chi connectivity index (χ1n) is 7.37. The minimum Gasteiger partial charge on any atom is -0.384 e. The number of aromatic nitrogens is 2. The van der Waals surface area contributed by atoms with Crippen molar-refractivity contribution in [2.45, 2.75) is 24.9 Å². The van der Waals surface area contributed by atoms with Gasteiger partial charge >= 0.3 is 5.69 Å². The summed E-state index contributed by atoms with van der Waals surface area (Å²) in [6, 6.07) is 9.64. The molecule has 2 heterocycles. The molecule has 2 aromatic rings. The molecule has 0 fully saturated rings. The van der Waals surface area contributed by atoms with Crippen molar-refractivity contribution in [3.8, 4) is 11.8 Å². The molecule has 2 unspecified atom stereocenters. The summed E-state index contributed by atoms with van der Waals surface area (Å²) in [6.07, 6.45) is 4.49. The van der Waals surface area contributed by atoms with Crippen LogP contribution >= 0.6 is 0 Å². The van der Waals surface area contributed by atoms with Gasteiger partial charge in [0.2, 0.25) is 0 Å². The maximum absolute atomic E-state index is 12.3. The highest BCUT2D eigenvalue weighted by Gasteiger charge is 2.28. The van der Waals surface area contributed by atoms with Crippen LogP contribution in [0.15, 0.2) is 41.3 Å². The van der Waals surface area contributed by atoms with E-state index in [1.165, 1.54) is 0 Å². The minimum absolute atomic E-state index is 0.188. The smallest absolute Gasteiger partial charge is 0.331 e. The summed E-state index contributed by atoms with van der Waals surface area (Å²) in [5, 5.41) is 11.6. The van der Waals surface area contributed by atoms with Crippen LogP contribution in [0.4, 0.5) is 5.82 Å². The normalized spacial score (nSPS) is 19.5. The first-order chi connectivity index (χ1) is 11.1. The van der Waals surface area contributed by atoms with Crippen molar-refractivity contribution in [1.82, 2.24) is 14.9 Å². The number of aryl methyl sites for hydroxylation is 1. The zero-order valence-corrected chi connectivity index (χ0v) is 12.5. The highest BCUT2D eigenvalue weighted by atomic mass is 16.1. The Bertz CT molecular complexity index is 824. The summed E-state index contributed by atoms with van der Waals surface area (Å²) in [5.41, 5.74) is 14.1. The number of anilines is 1. The maximum Gasteiger partial charge on any atom is 0.331 e.